The number of carbonyl (C=O) groups excluding carboxylic acids is 2. The maximum Gasteiger partial charge on any atom is 0.343 e. The first-order valence-electron chi connectivity index (χ1n) is 10.7. The fourth-order valence-corrected chi connectivity index (χ4v) is 3.24. The van der Waals surface area contributed by atoms with Gasteiger partial charge in [-0.15, -0.1) is 0 Å². The molecule has 0 heterocycles. The zero-order valence-electron chi connectivity index (χ0n) is 19.4. The maximum atomic E-state index is 12.4. The molecule has 0 saturated heterocycles. The van der Waals surface area contributed by atoms with Crippen molar-refractivity contribution in [3.05, 3.63) is 87.4 Å². The molecule has 0 aliphatic carbocycles. The van der Waals surface area contributed by atoms with Crippen molar-refractivity contribution in [2.24, 2.45) is 5.10 Å². The molecule has 0 saturated carbocycles. The smallest absolute Gasteiger partial charge is 0.343 e. The number of hydrogen-bond donors (Lipinski definition) is 1. The molecule has 0 spiro atoms. The third-order valence-electron chi connectivity index (χ3n) is 4.87. The number of hydrogen-bond acceptors (Lipinski definition) is 6. The van der Waals surface area contributed by atoms with E-state index >= 15 is 0 Å². The second kappa shape index (κ2) is 12.2. The zero-order chi connectivity index (χ0) is 25.4. The van der Waals surface area contributed by atoms with Gasteiger partial charge < -0.3 is 14.2 Å². The van der Waals surface area contributed by atoms with Crippen molar-refractivity contribution in [2.75, 3.05) is 13.7 Å². The van der Waals surface area contributed by atoms with Crippen LogP contribution >= 0.6 is 23.2 Å². The second-order valence-corrected chi connectivity index (χ2v) is 8.55. The summed E-state index contributed by atoms with van der Waals surface area (Å²) in [4.78, 5) is 24.4. The van der Waals surface area contributed by atoms with Crippen LogP contribution in [0.1, 0.15) is 41.3 Å². The fraction of sp³-hybridized carbons (Fsp3) is 0.192. The number of carbonyl (C=O) groups is 2. The Bertz CT molecular complexity index is 1230. The van der Waals surface area contributed by atoms with E-state index in [4.69, 9.17) is 37.4 Å². The normalized spacial score (nSPS) is 10.9. The number of methoxy groups -OCH3 is 1. The summed E-state index contributed by atoms with van der Waals surface area (Å²) in [5.41, 5.74) is 4.45. The van der Waals surface area contributed by atoms with Crippen LogP contribution in [-0.2, 0) is 4.79 Å². The van der Waals surface area contributed by atoms with E-state index in [2.05, 4.69) is 24.4 Å². The van der Waals surface area contributed by atoms with E-state index in [1.165, 1.54) is 37.1 Å². The minimum Gasteiger partial charge on any atom is -0.493 e. The Hall–Kier alpha value is -3.55. The van der Waals surface area contributed by atoms with Crippen LogP contribution in [0.3, 0.4) is 0 Å². The zero-order valence-corrected chi connectivity index (χ0v) is 20.9. The molecule has 3 aromatic rings. The average molecular weight is 515 g/mol. The summed E-state index contributed by atoms with van der Waals surface area (Å²) in [5, 5.41) is 4.51. The lowest BCUT2D eigenvalue weighted by atomic mass is 10.0. The number of benzene rings is 3. The summed E-state index contributed by atoms with van der Waals surface area (Å²) < 4.78 is 16.2. The van der Waals surface area contributed by atoms with Crippen LogP contribution in [0.5, 0.6) is 17.2 Å². The van der Waals surface area contributed by atoms with Crippen molar-refractivity contribution in [2.45, 2.75) is 19.8 Å². The molecule has 0 aliphatic heterocycles. The topological polar surface area (TPSA) is 86.2 Å². The molecule has 182 valence electrons. The highest BCUT2D eigenvalue weighted by Crippen LogP contribution is 2.29. The van der Waals surface area contributed by atoms with Gasteiger partial charge in [-0.1, -0.05) is 49.2 Å². The summed E-state index contributed by atoms with van der Waals surface area (Å²) >= 11 is 11.8. The van der Waals surface area contributed by atoms with Crippen LogP contribution in [0.25, 0.3) is 0 Å². The van der Waals surface area contributed by atoms with Crippen LogP contribution in [0, 0.1) is 0 Å². The molecule has 0 aliphatic rings. The molecule has 0 bridgehead atoms. The lowest BCUT2D eigenvalue weighted by molar-refractivity contribution is -0.123. The van der Waals surface area contributed by atoms with Crippen LogP contribution in [0.4, 0.5) is 0 Å². The standard InChI is InChI=1S/C26H24Cl2N2O5/c1-16(2)18-5-8-20(9-6-18)34-15-25(31)30-29-14-17-4-11-23(24(12-17)33-3)35-26(32)19-7-10-21(27)22(28)13-19/h4-14,16H,15H2,1-3H3,(H,30,31). The van der Waals surface area contributed by atoms with Gasteiger partial charge in [0.05, 0.1) is 28.9 Å². The van der Waals surface area contributed by atoms with E-state index in [0.29, 0.717) is 28.0 Å². The largest absolute Gasteiger partial charge is 0.493 e. The van der Waals surface area contributed by atoms with E-state index in [1.807, 2.05) is 24.3 Å². The molecule has 1 amide bonds. The Balaban J connectivity index is 1.55. The van der Waals surface area contributed by atoms with E-state index in [0.717, 1.165) is 0 Å². The number of amides is 1. The Kier molecular flexibility index (Phi) is 9.11. The highest BCUT2D eigenvalue weighted by Gasteiger charge is 2.14. The number of ether oxygens (including phenoxy) is 3. The molecule has 0 fully saturated rings. The molecule has 3 rings (SSSR count). The lowest BCUT2D eigenvalue weighted by Gasteiger charge is -2.10. The van der Waals surface area contributed by atoms with Crippen LogP contribution in [-0.4, -0.2) is 31.8 Å². The van der Waals surface area contributed by atoms with Crippen molar-refractivity contribution in [3.8, 4) is 17.2 Å². The second-order valence-electron chi connectivity index (χ2n) is 7.73. The number of hydrazone groups is 1. The predicted molar refractivity (Wildman–Crippen MR) is 136 cm³/mol. The average Bonchev–Trinajstić information content (AvgIpc) is 2.85. The van der Waals surface area contributed by atoms with E-state index < -0.39 is 11.9 Å². The van der Waals surface area contributed by atoms with Crippen LogP contribution < -0.4 is 19.6 Å². The van der Waals surface area contributed by atoms with Crippen LogP contribution in [0.15, 0.2) is 65.8 Å². The third kappa shape index (κ3) is 7.47. The van der Waals surface area contributed by atoms with Gasteiger partial charge in [-0.3, -0.25) is 4.79 Å². The Morgan fingerprint density at radius 2 is 1.71 bits per heavy atom. The molecule has 35 heavy (non-hydrogen) atoms. The number of rotatable bonds is 9. The SMILES string of the molecule is COc1cc(C=NNC(=O)COc2ccc(C(C)C)cc2)ccc1OC(=O)c1ccc(Cl)c(Cl)c1. The summed E-state index contributed by atoms with van der Waals surface area (Å²) in [5.74, 6) is 0.513. The number of esters is 1. The van der Waals surface area contributed by atoms with Gasteiger partial charge in [-0.05, 0) is 65.6 Å². The Labute approximate surface area is 213 Å². The third-order valence-corrected chi connectivity index (χ3v) is 5.60. The Morgan fingerprint density at radius 3 is 2.37 bits per heavy atom. The van der Waals surface area contributed by atoms with Gasteiger partial charge in [0.25, 0.3) is 5.91 Å². The molecule has 0 radical (unpaired) electrons. The molecule has 7 nitrogen and oxygen atoms in total. The maximum absolute atomic E-state index is 12.4. The van der Waals surface area contributed by atoms with Gasteiger partial charge in [0, 0.05) is 0 Å². The first-order chi connectivity index (χ1) is 16.8. The van der Waals surface area contributed by atoms with Crippen molar-refractivity contribution in [3.63, 3.8) is 0 Å². The van der Waals surface area contributed by atoms with Gasteiger partial charge >= 0.3 is 5.97 Å². The summed E-state index contributed by atoms with van der Waals surface area (Å²) in [6.45, 7) is 4.04. The van der Waals surface area contributed by atoms with E-state index in [1.54, 1.807) is 18.2 Å². The predicted octanol–water partition coefficient (Wildman–Crippen LogP) is 5.87. The van der Waals surface area contributed by atoms with Gasteiger partial charge in [0.2, 0.25) is 0 Å². The molecule has 0 aromatic heterocycles. The van der Waals surface area contributed by atoms with Crippen molar-refractivity contribution < 1.29 is 23.8 Å². The molecule has 0 unspecified atom stereocenters. The minimum atomic E-state index is -0.616. The van der Waals surface area contributed by atoms with E-state index in [-0.39, 0.29) is 22.9 Å². The highest BCUT2D eigenvalue weighted by molar-refractivity contribution is 6.42. The monoisotopic (exact) mass is 514 g/mol. The van der Waals surface area contributed by atoms with Gasteiger partial charge in [0.1, 0.15) is 5.75 Å². The highest BCUT2D eigenvalue weighted by atomic mass is 35.5. The van der Waals surface area contributed by atoms with Gasteiger partial charge in [-0.2, -0.15) is 5.10 Å². The number of nitrogens with zero attached hydrogens (tertiary/aromatic N) is 1. The fourth-order valence-electron chi connectivity index (χ4n) is 2.94. The quantitative estimate of drug-likeness (QED) is 0.167. The number of nitrogens with one attached hydrogen (secondary N) is 1. The summed E-state index contributed by atoms with van der Waals surface area (Å²) in [6, 6.07) is 16.9. The minimum absolute atomic E-state index is 0.175. The van der Waals surface area contributed by atoms with Crippen molar-refractivity contribution >= 4 is 41.3 Å². The lowest BCUT2D eigenvalue weighted by Crippen LogP contribution is -2.24. The number of halogens is 2. The Morgan fingerprint density at radius 1 is 0.971 bits per heavy atom. The van der Waals surface area contributed by atoms with Gasteiger partial charge in [-0.25, -0.2) is 10.2 Å². The molecular formula is C26H24Cl2N2O5. The molecule has 9 heteroatoms. The first kappa shape index (κ1) is 26.1. The summed E-state index contributed by atoms with van der Waals surface area (Å²) in [6.07, 6.45) is 1.43. The van der Waals surface area contributed by atoms with E-state index in [9.17, 15) is 9.59 Å². The summed E-state index contributed by atoms with van der Waals surface area (Å²) in [7, 11) is 1.44. The van der Waals surface area contributed by atoms with Gasteiger partial charge in [0.15, 0.2) is 18.1 Å². The van der Waals surface area contributed by atoms with Crippen LogP contribution in [0.2, 0.25) is 10.0 Å². The molecule has 0 atom stereocenters. The molecule has 1 N–H and O–H groups in total. The molecule has 3 aromatic carbocycles. The van der Waals surface area contributed by atoms with Crippen molar-refractivity contribution in [1.82, 2.24) is 5.43 Å². The molecular weight excluding hydrogens is 491 g/mol. The first-order valence-corrected chi connectivity index (χ1v) is 11.4. The van der Waals surface area contributed by atoms with Crippen molar-refractivity contribution in [1.29, 1.82) is 0 Å².